The molecule has 0 saturated heterocycles. The Morgan fingerprint density at radius 1 is 1.00 bits per heavy atom. The topological polar surface area (TPSA) is 117 Å². The van der Waals surface area contributed by atoms with E-state index in [2.05, 4.69) is 5.32 Å². The van der Waals surface area contributed by atoms with Crippen LogP contribution in [0.3, 0.4) is 0 Å². The van der Waals surface area contributed by atoms with Crippen LogP contribution in [0, 0.1) is 10.1 Å². The Bertz CT molecular complexity index is 1170. The van der Waals surface area contributed by atoms with E-state index in [-0.39, 0.29) is 29.7 Å². The summed E-state index contributed by atoms with van der Waals surface area (Å²) in [6.07, 6.45) is 0.534. The molecule has 35 heavy (non-hydrogen) atoms. The molecule has 0 fully saturated rings. The first kappa shape index (κ1) is 25.2. The molecule has 1 atom stereocenters. The van der Waals surface area contributed by atoms with E-state index in [4.69, 9.17) is 14.2 Å². The number of carbonyl (C=O) groups excluding carboxylic acids is 2. The molecule has 0 aliphatic carbocycles. The lowest BCUT2D eigenvalue weighted by atomic mass is 9.99. The van der Waals surface area contributed by atoms with Crippen molar-refractivity contribution >= 4 is 17.6 Å². The maximum atomic E-state index is 12.7. The van der Waals surface area contributed by atoms with Gasteiger partial charge in [-0.05, 0) is 24.5 Å². The number of nitrogens with one attached hydrogen (secondary N) is 1. The number of nitro groups is 1. The van der Waals surface area contributed by atoms with Crippen molar-refractivity contribution in [2.75, 3.05) is 20.3 Å². The molecule has 9 heteroatoms. The molecule has 182 valence electrons. The highest BCUT2D eigenvalue weighted by molar-refractivity contribution is 5.96. The van der Waals surface area contributed by atoms with Crippen molar-refractivity contribution in [3.05, 3.63) is 99.6 Å². The Morgan fingerprint density at radius 3 is 2.26 bits per heavy atom. The van der Waals surface area contributed by atoms with E-state index >= 15 is 0 Å². The number of ether oxygens (including phenoxy) is 3. The maximum absolute atomic E-state index is 12.7. The molecule has 0 saturated carbocycles. The predicted octanol–water partition coefficient (Wildman–Crippen LogP) is 4.26. The second-order valence-corrected chi connectivity index (χ2v) is 7.51. The highest BCUT2D eigenvalue weighted by atomic mass is 16.6. The summed E-state index contributed by atoms with van der Waals surface area (Å²) < 4.78 is 15.6. The van der Waals surface area contributed by atoms with Crippen LogP contribution in [-0.2, 0) is 16.0 Å². The maximum Gasteiger partial charge on any atom is 0.345 e. The second kappa shape index (κ2) is 12.2. The van der Waals surface area contributed by atoms with Gasteiger partial charge in [0.15, 0.2) is 18.1 Å². The SMILES string of the molecule is CCOc1cc([N+](=O)[O-])c(C(=O)OCC(=O)NC(Cc2ccccc2)c2ccccc2)cc1OC. The van der Waals surface area contributed by atoms with Gasteiger partial charge in [-0.25, -0.2) is 4.79 Å². The molecule has 1 amide bonds. The van der Waals surface area contributed by atoms with Crippen LogP contribution in [0.1, 0.15) is 34.5 Å². The van der Waals surface area contributed by atoms with Crippen molar-refractivity contribution in [1.29, 1.82) is 0 Å². The van der Waals surface area contributed by atoms with Crippen molar-refractivity contribution in [2.24, 2.45) is 0 Å². The average molecular weight is 479 g/mol. The molecule has 0 heterocycles. The molecular weight excluding hydrogens is 452 g/mol. The number of amides is 1. The Hall–Kier alpha value is -4.40. The van der Waals surface area contributed by atoms with Gasteiger partial charge in [0.2, 0.25) is 0 Å². The number of hydrogen-bond donors (Lipinski definition) is 1. The van der Waals surface area contributed by atoms with Crippen molar-refractivity contribution in [1.82, 2.24) is 5.32 Å². The molecule has 0 spiro atoms. The van der Waals surface area contributed by atoms with Crippen LogP contribution in [0.2, 0.25) is 0 Å². The van der Waals surface area contributed by atoms with E-state index in [9.17, 15) is 19.7 Å². The highest BCUT2D eigenvalue weighted by Gasteiger charge is 2.26. The van der Waals surface area contributed by atoms with Crippen molar-refractivity contribution in [3.8, 4) is 11.5 Å². The van der Waals surface area contributed by atoms with E-state index in [0.29, 0.717) is 6.42 Å². The lowest BCUT2D eigenvalue weighted by molar-refractivity contribution is -0.385. The van der Waals surface area contributed by atoms with Gasteiger partial charge in [-0.15, -0.1) is 0 Å². The highest BCUT2D eigenvalue weighted by Crippen LogP contribution is 2.35. The monoisotopic (exact) mass is 478 g/mol. The van der Waals surface area contributed by atoms with Gasteiger partial charge in [0.05, 0.1) is 30.7 Å². The number of carbonyl (C=O) groups is 2. The van der Waals surface area contributed by atoms with Crippen LogP contribution >= 0.6 is 0 Å². The normalized spacial score (nSPS) is 11.3. The summed E-state index contributed by atoms with van der Waals surface area (Å²) in [6.45, 7) is 1.36. The molecule has 1 unspecified atom stereocenters. The Kier molecular flexibility index (Phi) is 8.77. The number of esters is 1. The average Bonchev–Trinajstić information content (AvgIpc) is 2.88. The van der Waals surface area contributed by atoms with Gasteiger partial charge >= 0.3 is 5.97 Å². The summed E-state index contributed by atoms with van der Waals surface area (Å²) >= 11 is 0. The number of benzene rings is 3. The first-order valence-electron chi connectivity index (χ1n) is 11.0. The van der Waals surface area contributed by atoms with Crippen LogP contribution in [0.25, 0.3) is 0 Å². The fraction of sp³-hybridized carbons (Fsp3) is 0.231. The molecule has 0 radical (unpaired) electrons. The zero-order valence-electron chi connectivity index (χ0n) is 19.4. The van der Waals surface area contributed by atoms with Gasteiger partial charge in [0.1, 0.15) is 5.56 Å². The predicted molar refractivity (Wildman–Crippen MR) is 129 cm³/mol. The zero-order chi connectivity index (χ0) is 25.2. The van der Waals surface area contributed by atoms with Gasteiger partial charge < -0.3 is 19.5 Å². The zero-order valence-corrected chi connectivity index (χ0v) is 19.4. The Labute approximate surface area is 202 Å². The van der Waals surface area contributed by atoms with Crippen LogP contribution in [0.4, 0.5) is 5.69 Å². The number of hydrogen-bond acceptors (Lipinski definition) is 7. The smallest absolute Gasteiger partial charge is 0.345 e. The molecular formula is C26H26N2O7. The van der Waals surface area contributed by atoms with Gasteiger partial charge in [0.25, 0.3) is 11.6 Å². The molecule has 0 aromatic heterocycles. The van der Waals surface area contributed by atoms with Crippen LogP contribution in [0.5, 0.6) is 11.5 Å². The molecule has 3 aromatic rings. The van der Waals surface area contributed by atoms with E-state index in [1.54, 1.807) is 6.92 Å². The summed E-state index contributed by atoms with van der Waals surface area (Å²) in [4.78, 5) is 36.1. The summed E-state index contributed by atoms with van der Waals surface area (Å²) in [7, 11) is 1.35. The van der Waals surface area contributed by atoms with Gasteiger partial charge in [-0.3, -0.25) is 14.9 Å². The van der Waals surface area contributed by atoms with Gasteiger partial charge in [0, 0.05) is 6.07 Å². The molecule has 0 aliphatic heterocycles. The largest absolute Gasteiger partial charge is 0.493 e. The van der Waals surface area contributed by atoms with E-state index < -0.39 is 29.1 Å². The van der Waals surface area contributed by atoms with Crippen LogP contribution in [0.15, 0.2) is 72.8 Å². The van der Waals surface area contributed by atoms with Crippen molar-refractivity contribution < 1.29 is 28.7 Å². The number of nitro benzene ring substituents is 1. The minimum Gasteiger partial charge on any atom is -0.493 e. The fourth-order valence-corrected chi connectivity index (χ4v) is 3.52. The molecule has 3 aromatic carbocycles. The third-order valence-corrected chi connectivity index (χ3v) is 5.15. The second-order valence-electron chi connectivity index (χ2n) is 7.51. The van der Waals surface area contributed by atoms with E-state index in [1.807, 2.05) is 60.7 Å². The molecule has 0 bridgehead atoms. The minimum absolute atomic E-state index is 0.127. The van der Waals surface area contributed by atoms with E-state index in [0.717, 1.165) is 17.2 Å². The van der Waals surface area contributed by atoms with Crippen LogP contribution < -0.4 is 14.8 Å². The summed E-state index contributed by atoms with van der Waals surface area (Å²) in [6, 6.07) is 21.0. The standard InChI is InChI=1S/C26H26N2O7/c1-3-34-24-16-22(28(31)32)20(15-23(24)33-2)26(30)35-17-25(29)27-21(19-12-8-5-9-13-19)14-18-10-6-4-7-11-18/h4-13,15-16,21H,3,14,17H2,1-2H3,(H,27,29). The lowest BCUT2D eigenvalue weighted by Gasteiger charge is -2.19. The van der Waals surface area contributed by atoms with Crippen LogP contribution in [-0.4, -0.2) is 37.1 Å². The van der Waals surface area contributed by atoms with Gasteiger partial charge in [-0.1, -0.05) is 60.7 Å². The number of nitrogens with zero attached hydrogens (tertiary/aromatic N) is 1. The summed E-state index contributed by atoms with van der Waals surface area (Å²) in [5.74, 6) is -1.29. The minimum atomic E-state index is -1.02. The first-order chi connectivity index (χ1) is 16.9. The fourth-order valence-electron chi connectivity index (χ4n) is 3.52. The molecule has 9 nitrogen and oxygen atoms in total. The Balaban J connectivity index is 1.73. The van der Waals surface area contributed by atoms with Crippen molar-refractivity contribution in [2.45, 2.75) is 19.4 Å². The lowest BCUT2D eigenvalue weighted by Crippen LogP contribution is -2.33. The molecule has 3 rings (SSSR count). The quantitative estimate of drug-likeness (QED) is 0.249. The van der Waals surface area contributed by atoms with Gasteiger partial charge in [-0.2, -0.15) is 0 Å². The summed E-state index contributed by atoms with van der Waals surface area (Å²) in [5.41, 5.74) is 1.07. The molecule has 0 aliphatic rings. The third kappa shape index (κ3) is 6.80. The number of rotatable bonds is 11. The van der Waals surface area contributed by atoms with Crippen molar-refractivity contribution in [3.63, 3.8) is 0 Å². The summed E-state index contributed by atoms with van der Waals surface area (Å²) in [5, 5.41) is 14.4. The van der Waals surface area contributed by atoms with E-state index in [1.165, 1.54) is 13.2 Å². The number of methoxy groups -OCH3 is 1. The third-order valence-electron chi connectivity index (χ3n) is 5.15. The first-order valence-corrected chi connectivity index (χ1v) is 11.0. The Morgan fingerprint density at radius 2 is 1.66 bits per heavy atom. The molecule has 1 N–H and O–H groups in total.